The summed E-state index contributed by atoms with van der Waals surface area (Å²) in [6, 6.07) is -0.174. The fourth-order valence-electron chi connectivity index (χ4n) is 0.919. The van der Waals surface area contributed by atoms with Gasteiger partial charge in [-0.15, -0.1) is 0 Å². The van der Waals surface area contributed by atoms with Crippen molar-refractivity contribution in [2.75, 3.05) is 24.7 Å². The number of aromatic nitrogens is 2. The molecule has 7 heteroatoms. The van der Waals surface area contributed by atoms with Crippen LogP contribution >= 0.6 is 11.9 Å². The fraction of sp³-hybridized carbons (Fsp3) is 0.444. The van der Waals surface area contributed by atoms with Crippen molar-refractivity contribution in [3.05, 3.63) is 18.6 Å². The predicted molar refractivity (Wildman–Crippen MR) is 65.2 cm³/mol. The zero-order valence-electron chi connectivity index (χ0n) is 9.06. The molecule has 16 heavy (non-hydrogen) atoms. The van der Waals surface area contributed by atoms with Gasteiger partial charge in [-0.2, -0.15) is 0 Å². The summed E-state index contributed by atoms with van der Waals surface area (Å²) < 4.78 is 2.64. The highest BCUT2D eigenvalue weighted by atomic mass is 32.2. The van der Waals surface area contributed by atoms with Crippen LogP contribution in [0.15, 0.2) is 18.6 Å². The van der Waals surface area contributed by atoms with Gasteiger partial charge in [0.15, 0.2) is 0 Å². The minimum absolute atomic E-state index is 0.174. The van der Waals surface area contributed by atoms with Crippen LogP contribution in [0.2, 0.25) is 0 Å². The summed E-state index contributed by atoms with van der Waals surface area (Å²) in [6.07, 6.45) is 5.89. The summed E-state index contributed by atoms with van der Waals surface area (Å²) in [5.74, 6) is 1.62. The summed E-state index contributed by atoms with van der Waals surface area (Å²) in [7, 11) is 1.59. The van der Waals surface area contributed by atoms with E-state index in [1.54, 1.807) is 25.6 Å². The van der Waals surface area contributed by atoms with E-state index in [0.29, 0.717) is 0 Å². The van der Waals surface area contributed by atoms with Crippen LogP contribution in [0.4, 0.5) is 10.6 Å². The first-order valence-corrected chi connectivity index (χ1v) is 5.91. The second-order valence-corrected chi connectivity index (χ2v) is 3.80. The molecule has 3 N–H and O–H groups in total. The largest absolute Gasteiger partial charge is 0.369 e. The standard InChI is InChI=1S/C9H15N5OS/c1-10-9(15)14-16-6-2-3-12-8-7-11-4-5-13-8/h4-5,7H,2-3,6H2,1H3,(H,12,13)(H2,10,14,15). The third-order valence-corrected chi connectivity index (χ3v) is 2.51. The molecule has 1 aromatic rings. The number of hydrogen-bond acceptors (Lipinski definition) is 5. The van der Waals surface area contributed by atoms with E-state index < -0.39 is 0 Å². The maximum Gasteiger partial charge on any atom is 0.324 e. The lowest BCUT2D eigenvalue weighted by molar-refractivity contribution is 0.248. The molecule has 0 atom stereocenters. The molecule has 0 bridgehead atoms. The van der Waals surface area contributed by atoms with Crippen molar-refractivity contribution in [2.24, 2.45) is 0 Å². The summed E-state index contributed by atoms with van der Waals surface area (Å²) in [5.41, 5.74) is 0. The Bertz CT molecular complexity index is 308. The van der Waals surface area contributed by atoms with Gasteiger partial charge < -0.3 is 10.6 Å². The molecule has 0 saturated carbocycles. The van der Waals surface area contributed by atoms with Crippen LogP contribution in [0.1, 0.15) is 6.42 Å². The van der Waals surface area contributed by atoms with E-state index in [1.807, 2.05) is 0 Å². The van der Waals surface area contributed by atoms with Gasteiger partial charge in [-0.3, -0.25) is 9.71 Å². The Labute approximate surface area is 98.8 Å². The molecule has 1 aromatic heterocycles. The lowest BCUT2D eigenvalue weighted by Gasteiger charge is -2.05. The summed E-state index contributed by atoms with van der Waals surface area (Å²) in [5, 5.41) is 5.61. The zero-order chi connectivity index (χ0) is 11.6. The summed E-state index contributed by atoms with van der Waals surface area (Å²) >= 11 is 1.38. The normalized spacial score (nSPS) is 9.56. The van der Waals surface area contributed by atoms with Gasteiger partial charge in [0, 0.05) is 31.7 Å². The maximum absolute atomic E-state index is 10.8. The maximum atomic E-state index is 10.8. The highest BCUT2D eigenvalue weighted by Gasteiger charge is 1.95. The van der Waals surface area contributed by atoms with Crippen molar-refractivity contribution in [2.45, 2.75) is 6.42 Å². The molecule has 6 nitrogen and oxygen atoms in total. The van der Waals surface area contributed by atoms with Gasteiger partial charge in [-0.05, 0) is 18.4 Å². The Hall–Kier alpha value is -1.50. The van der Waals surface area contributed by atoms with Crippen LogP contribution in [-0.2, 0) is 0 Å². The molecular weight excluding hydrogens is 226 g/mol. The Morgan fingerprint density at radius 3 is 3.06 bits per heavy atom. The molecule has 0 aliphatic heterocycles. The van der Waals surface area contributed by atoms with Gasteiger partial charge in [0.05, 0.1) is 6.20 Å². The Morgan fingerprint density at radius 1 is 1.50 bits per heavy atom. The number of hydrogen-bond donors (Lipinski definition) is 3. The first-order valence-electron chi connectivity index (χ1n) is 4.92. The van der Waals surface area contributed by atoms with E-state index >= 15 is 0 Å². The first kappa shape index (κ1) is 12.6. The van der Waals surface area contributed by atoms with Crippen LogP contribution in [0.5, 0.6) is 0 Å². The number of rotatable bonds is 6. The molecule has 0 spiro atoms. The minimum Gasteiger partial charge on any atom is -0.369 e. The van der Waals surface area contributed by atoms with Crippen LogP contribution in [0.3, 0.4) is 0 Å². The smallest absolute Gasteiger partial charge is 0.324 e. The van der Waals surface area contributed by atoms with Crippen molar-refractivity contribution < 1.29 is 4.79 Å². The molecule has 0 radical (unpaired) electrons. The molecule has 0 unspecified atom stereocenters. The second kappa shape index (κ2) is 7.75. The average molecular weight is 241 g/mol. The number of anilines is 1. The molecule has 0 aromatic carbocycles. The molecule has 1 rings (SSSR count). The molecule has 0 saturated heterocycles. The van der Waals surface area contributed by atoms with Crippen molar-refractivity contribution in [3.63, 3.8) is 0 Å². The Balaban J connectivity index is 1.98. The Kier molecular flexibility index (Phi) is 6.09. The summed E-state index contributed by atoms with van der Waals surface area (Å²) in [6.45, 7) is 0.807. The van der Waals surface area contributed by atoms with E-state index in [-0.39, 0.29) is 6.03 Å². The van der Waals surface area contributed by atoms with Crippen LogP contribution in [0.25, 0.3) is 0 Å². The topological polar surface area (TPSA) is 78.9 Å². The number of carbonyl (C=O) groups excluding carboxylic acids is 1. The van der Waals surface area contributed by atoms with Gasteiger partial charge in [-0.25, -0.2) is 9.78 Å². The molecule has 2 amide bonds. The van der Waals surface area contributed by atoms with Crippen molar-refractivity contribution in [1.29, 1.82) is 0 Å². The van der Waals surface area contributed by atoms with E-state index in [1.165, 1.54) is 11.9 Å². The van der Waals surface area contributed by atoms with E-state index in [2.05, 4.69) is 25.3 Å². The number of nitrogens with zero attached hydrogens (tertiary/aromatic N) is 2. The number of nitrogens with one attached hydrogen (secondary N) is 3. The fourth-order valence-corrected chi connectivity index (χ4v) is 1.54. The van der Waals surface area contributed by atoms with Crippen LogP contribution < -0.4 is 15.4 Å². The third kappa shape index (κ3) is 5.40. The second-order valence-electron chi connectivity index (χ2n) is 2.90. The molecule has 0 aliphatic rings. The van der Waals surface area contributed by atoms with E-state index in [4.69, 9.17) is 0 Å². The number of amides is 2. The van der Waals surface area contributed by atoms with Crippen LogP contribution in [0, 0.1) is 0 Å². The third-order valence-electron chi connectivity index (χ3n) is 1.68. The van der Waals surface area contributed by atoms with E-state index in [9.17, 15) is 4.79 Å². The molecule has 0 aliphatic carbocycles. The van der Waals surface area contributed by atoms with Crippen molar-refractivity contribution in [1.82, 2.24) is 20.0 Å². The van der Waals surface area contributed by atoms with Crippen molar-refractivity contribution >= 4 is 23.8 Å². The van der Waals surface area contributed by atoms with E-state index in [0.717, 1.165) is 24.5 Å². The van der Waals surface area contributed by atoms with Gasteiger partial charge in [-0.1, -0.05) is 0 Å². The average Bonchev–Trinajstić information content (AvgIpc) is 2.34. The molecule has 0 fully saturated rings. The molecule has 1 heterocycles. The molecule has 88 valence electrons. The van der Waals surface area contributed by atoms with Crippen molar-refractivity contribution in [3.8, 4) is 0 Å². The SMILES string of the molecule is CNC(=O)NSCCCNc1cnccn1. The Morgan fingerprint density at radius 2 is 2.38 bits per heavy atom. The lowest BCUT2D eigenvalue weighted by Crippen LogP contribution is -2.27. The highest BCUT2D eigenvalue weighted by Crippen LogP contribution is 2.00. The highest BCUT2D eigenvalue weighted by molar-refractivity contribution is 7.97. The lowest BCUT2D eigenvalue weighted by atomic mass is 10.5. The van der Waals surface area contributed by atoms with Gasteiger partial charge in [0.2, 0.25) is 0 Å². The zero-order valence-corrected chi connectivity index (χ0v) is 9.88. The number of urea groups is 1. The van der Waals surface area contributed by atoms with Gasteiger partial charge in [0.1, 0.15) is 5.82 Å². The minimum atomic E-state index is -0.174. The molecular formula is C9H15N5OS. The van der Waals surface area contributed by atoms with Crippen LogP contribution in [-0.4, -0.2) is 35.3 Å². The van der Waals surface area contributed by atoms with Gasteiger partial charge >= 0.3 is 6.03 Å². The summed E-state index contributed by atoms with van der Waals surface area (Å²) in [4.78, 5) is 18.8. The monoisotopic (exact) mass is 241 g/mol. The number of carbonyl (C=O) groups is 1. The predicted octanol–water partition coefficient (Wildman–Crippen LogP) is 0.856. The first-order chi connectivity index (χ1) is 7.83. The quantitative estimate of drug-likeness (QED) is 0.508. The van der Waals surface area contributed by atoms with Gasteiger partial charge in [0.25, 0.3) is 0 Å².